The number of nitrogens with two attached hydrogens (primary N) is 1. The predicted octanol–water partition coefficient (Wildman–Crippen LogP) is -0.228. The van der Waals surface area contributed by atoms with Gasteiger partial charge in [-0.3, -0.25) is 33.8 Å². The SMILES string of the molecule is CN(C)c1c(CN(C)[C@H](CO)C(C)(C)C)cc(O)c2c1C[C@H]1C[C@H]3[C@H](N(C)C)C(=O)C(C(N)=O)C(=O)[C@@]3(O)C(=O)C1C2=O. The van der Waals surface area contributed by atoms with E-state index in [9.17, 15) is 39.3 Å². The number of rotatable bonds is 7. The van der Waals surface area contributed by atoms with E-state index in [1.807, 2.05) is 51.7 Å². The number of likely N-dealkylation sites (N-methyl/N-ethyl adjacent to an activating group) is 2. The van der Waals surface area contributed by atoms with Gasteiger partial charge in [0.2, 0.25) is 5.91 Å². The van der Waals surface area contributed by atoms with Crippen LogP contribution in [0.3, 0.4) is 0 Å². The van der Waals surface area contributed by atoms with Crippen LogP contribution in [0.5, 0.6) is 5.75 Å². The molecule has 0 radical (unpaired) electrons. The van der Waals surface area contributed by atoms with E-state index < -0.39 is 64.4 Å². The molecule has 0 spiro atoms. The number of carbonyl (C=O) groups excluding carboxylic acids is 5. The van der Waals surface area contributed by atoms with Gasteiger partial charge in [-0.1, -0.05) is 20.8 Å². The van der Waals surface area contributed by atoms with E-state index in [2.05, 4.69) is 0 Å². The van der Waals surface area contributed by atoms with Gasteiger partial charge in [0.05, 0.1) is 24.1 Å². The van der Waals surface area contributed by atoms with Crippen LogP contribution in [0.1, 0.15) is 48.7 Å². The molecule has 2 fully saturated rings. The molecule has 5 N–H and O–H groups in total. The third kappa shape index (κ3) is 4.98. The highest BCUT2D eigenvalue weighted by Gasteiger charge is 2.69. The summed E-state index contributed by atoms with van der Waals surface area (Å²) in [5.41, 5.74) is 4.28. The third-order valence-electron chi connectivity index (χ3n) is 9.68. The first-order valence-electron chi connectivity index (χ1n) is 14.5. The van der Waals surface area contributed by atoms with Crippen LogP contribution >= 0.6 is 0 Å². The van der Waals surface area contributed by atoms with Gasteiger partial charge in [-0.15, -0.1) is 0 Å². The summed E-state index contributed by atoms with van der Waals surface area (Å²) >= 11 is 0. The van der Waals surface area contributed by atoms with Crippen LogP contribution in [0.4, 0.5) is 5.69 Å². The predicted molar refractivity (Wildman–Crippen MR) is 157 cm³/mol. The zero-order valence-corrected chi connectivity index (χ0v) is 26.2. The van der Waals surface area contributed by atoms with Crippen molar-refractivity contribution in [2.45, 2.75) is 57.8 Å². The largest absolute Gasteiger partial charge is 0.507 e. The molecule has 12 nitrogen and oxygen atoms in total. The standard InChI is InChI=1S/C31H44N4O8/c1-30(2,3)19(13-36)35(8)12-15-11-18(37)21-16(23(15)33(4)5)9-14-10-17-24(34(6)7)26(39)22(29(32)42)28(41)31(17,43)27(40)20(14)25(21)38/h11,14,17,19-20,22,24,36-37,43H,9-10,12-13H2,1-8H3,(H2,32,42)/t14-,17-,19+,20?,22?,24-,31-/m0/s1. The fourth-order valence-corrected chi connectivity index (χ4v) is 7.86. The maximum atomic E-state index is 14.1. The molecular weight excluding hydrogens is 556 g/mol. The Morgan fingerprint density at radius 3 is 2.19 bits per heavy atom. The zero-order valence-electron chi connectivity index (χ0n) is 26.2. The minimum absolute atomic E-state index is 0.0156. The second-order valence-electron chi connectivity index (χ2n) is 13.9. The van der Waals surface area contributed by atoms with E-state index in [-0.39, 0.29) is 42.2 Å². The van der Waals surface area contributed by atoms with Crippen LogP contribution < -0.4 is 10.6 Å². The van der Waals surface area contributed by atoms with Gasteiger partial charge in [0.25, 0.3) is 0 Å². The fraction of sp³-hybridized carbons (Fsp3) is 0.645. The van der Waals surface area contributed by atoms with Crippen LogP contribution in [0.15, 0.2) is 6.07 Å². The summed E-state index contributed by atoms with van der Waals surface area (Å²) in [6.45, 7) is 6.34. The number of hydrogen-bond acceptors (Lipinski definition) is 11. The van der Waals surface area contributed by atoms with Gasteiger partial charge in [0.15, 0.2) is 34.7 Å². The van der Waals surface area contributed by atoms with Crippen molar-refractivity contribution >= 4 is 34.7 Å². The normalized spacial score (nSPS) is 29.8. The van der Waals surface area contributed by atoms with Crippen LogP contribution in [-0.2, 0) is 32.1 Å². The lowest BCUT2D eigenvalue weighted by atomic mass is 9.52. The Hall–Kier alpha value is -3.19. The Labute approximate surface area is 251 Å². The molecule has 4 rings (SSSR count). The molecule has 2 unspecified atom stereocenters. The maximum Gasteiger partial charge on any atom is 0.235 e. The molecule has 3 aliphatic carbocycles. The van der Waals surface area contributed by atoms with Crippen molar-refractivity contribution in [2.75, 3.05) is 46.7 Å². The molecule has 0 heterocycles. The number of ketones is 4. The third-order valence-corrected chi connectivity index (χ3v) is 9.68. The van der Waals surface area contributed by atoms with Crippen molar-refractivity contribution in [1.29, 1.82) is 0 Å². The molecule has 3 aliphatic rings. The van der Waals surface area contributed by atoms with E-state index >= 15 is 0 Å². The number of amides is 1. The monoisotopic (exact) mass is 600 g/mol. The van der Waals surface area contributed by atoms with Gasteiger partial charge in [0, 0.05) is 38.3 Å². The highest BCUT2D eigenvalue weighted by atomic mass is 16.3. The minimum Gasteiger partial charge on any atom is -0.507 e. The summed E-state index contributed by atoms with van der Waals surface area (Å²) in [4.78, 5) is 72.3. The number of Topliss-reactive ketones (excluding diaryl/α,β-unsaturated/α-hetero) is 4. The Balaban J connectivity index is 1.84. The number of nitrogens with zero attached hydrogens (tertiary/aromatic N) is 3. The minimum atomic E-state index is -2.76. The Kier molecular flexibility index (Phi) is 8.42. The average molecular weight is 601 g/mol. The van der Waals surface area contributed by atoms with Crippen LogP contribution in [0, 0.1) is 29.1 Å². The summed E-state index contributed by atoms with van der Waals surface area (Å²) in [6.07, 6.45) is 0.158. The molecule has 2 saturated carbocycles. The second kappa shape index (κ2) is 11.1. The maximum absolute atomic E-state index is 14.1. The number of phenols is 1. The molecular formula is C31H44N4O8. The first-order valence-corrected chi connectivity index (χ1v) is 14.5. The number of fused-ring (bicyclic) bond motifs is 3. The fourth-order valence-electron chi connectivity index (χ4n) is 7.86. The second-order valence-corrected chi connectivity index (χ2v) is 13.9. The molecule has 1 amide bonds. The Morgan fingerprint density at radius 1 is 1.09 bits per heavy atom. The number of anilines is 1. The quantitative estimate of drug-likeness (QED) is 0.304. The molecule has 0 aliphatic heterocycles. The molecule has 7 atom stereocenters. The number of aliphatic hydroxyl groups excluding tert-OH is 1. The number of carbonyl (C=O) groups is 5. The number of aromatic hydroxyl groups is 1. The van der Waals surface area contributed by atoms with Crippen molar-refractivity contribution in [2.24, 2.45) is 34.8 Å². The van der Waals surface area contributed by atoms with Gasteiger partial charge in [-0.2, -0.15) is 0 Å². The van der Waals surface area contributed by atoms with Crippen molar-refractivity contribution in [3.05, 3.63) is 22.8 Å². The van der Waals surface area contributed by atoms with Crippen molar-refractivity contribution in [3.63, 3.8) is 0 Å². The summed E-state index contributed by atoms with van der Waals surface area (Å²) < 4.78 is 0. The van der Waals surface area contributed by atoms with Crippen molar-refractivity contribution < 1.29 is 39.3 Å². The zero-order chi connectivity index (χ0) is 32.5. The number of primary amides is 1. The van der Waals surface area contributed by atoms with Crippen LogP contribution in [0.2, 0.25) is 0 Å². The molecule has 0 bridgehead atoms. The molecule has 1 aromatic rings. The lowest BCUT2D eigenvalue weighted by Gasteiger charge is -2.52. The van der Waals surface area contributed by atoms with Gasteiger partial charge in [0.1, 0.15) is 5.75 Å². The molecule has 236 valence electrons. The topological polar surface area (TPSA) is 182 Å². The van der Waals surface area contributed by atoms with E-state index in [0.717, 1.165) is 5.56 Å². The lowest BCUT2D eigenvalue weighted by Crippen LogP contribution is -2.74. The summed E-state index contributed by atoms with van der Waals surface area (Å²) in [6, 6.07) is 0.130. The molecule has 43 heavy (non-hydrogen) atoms. The first-order chi connectivity index (χ1) is 19.8. The summed E-state index contributed by atoms with van der Waals surface area (Å²) in [7, 11) is 8.61. The Morgan fingerprint density at radius 2 is 1.70 bits per heavy atom. The highest BCUT2D eigenvalue weighted by molar-refractivity contribution is 6.32. The van der Waals surface area contributed by atoms with E-state index in [1.54, 1.807) is 14.1 Å². The smallest absolute Gasteiger partial charge is 0.235 e. The Bertz CT molecular complexity index is 1380. The van der Waals surface area contributed by atoms with Gasteiger partial charge in [-0.25, -0.2) is 0 Å². The van der Waals surface area contributed by atoms with Crippen molar-refractivity contribution in [1.82, 2.24) is 9.80 Å². The lowest BCUT2D eigenvalue weighted by molar-refractivity contribution is -0.181. The van der Waals surface area contributed by atoms with E-state index in [0.29, 0.717) is 17.8 Å². The van der Waals surface area contributed by atoms with E-state index in [4.69, 9.17) is 5.73 Å². The number of aliphatic hydroxyl groups is 2. The summed E-state index contributed by atoms with van der Waals surface area (Å²) in [5, 5.41) is 33.1. The molecule has 0 saturated heterocycles. The van der Waals surface area contributed by atoms with Crippen LogP contribution in [-0.4, -0.2) is 114 Å². The number of hydrogen-bond donors (Lipinski definition) is 4. The van der Waals surface area contributed by atoms with Crippen molar-refractivity contribution in [3.8, 4) is 5.75 Å². The van der Waals surface area contributed by atoms with E-state index in [1.165, 1.54) is 11.0 Å². The average Bonchev–Trinajstić information content (AvgIpc) is 2.84. The van der Waals surface area contributed by atoms with Gasteiger partial charge < -0.3 is 26.0 Å². The highest BCUT2D eigenvalue weighted by Crippen LogP contribution is 2.52. The number of phenolic OH excluding ortho intramolecular Hbond substituents is 1. The van der Waals surface area contributed by atoms with Crippen LogP contribution in [0.25, 0.3) is 0 Å². The molecule has 1 aromatic carbocycles. The van der Waals surface area contributed by atoms with Gasteiger partial charge in [-0.05, 0) is 62.5 Å². The van der Waals surface area contributed by atoms with Gasteiger partial charge >= 0.3 is 0 Å². The number of benzene rings is 1. The molecule has 0 aromatic heterocycles. The molecule has 12 heteroatoms. The first kappa shape index (κ1) is 32.7. The summed E-state index contributed by atoms with van der Waals surface area (Å²) in [5.74, 6) is -10.7.